The Balaban J connectivity index is 1.70. The van der Waals surface area contributed by atoms with Crippen LogP contribution in [0.3, 0.4) is 0 Å². The lowest BCUT2D eigenvalue weighted by molar-refractivity contribution is 0.0234. The van der Waals surface area contributed by atoms with Gasteiger partial charge in [0.2, 0.25) is 0 Å². The van der Waals surface area contributed by atoms with E-state index in [0.29, 0.717) is 16.1 Å². The summed E-state index contributed by atoms with van der Waals surface area (Å²) >= 11 is 1.36. The van der Waals surface area contributed by atoms with Crippen LogP contribution in [0.4, 0.5) is 5.69 Å². The Hall–Kier alpha value is -2.96. The number of carbonyl (C=O) groups excluding carboxylic acids is 2. The van der Waals surface area contributed by atoms with Crippen LogP contribution in [0.2, 0.25) is 0 Å². The van der Waals surface area contributed by atoms with Crippen molar-refractivity contribution in [1.29, 1.82) is 0 Å². The molecular formula is C20H18N2O3S. The van der Waals surface area contributed by atoms with Crippen molar-refractivity contribution in [3.05, 3.63) is 88.1 Å². The van der Waals surface area contributed by atoms with Gasteiger partial charge in [0, 0.05) is 7.05 Å². The van der Waals surface area contributed by atoms with Crippen molar-refractivity contribution >= 4 is 28.8 Å². The zero-order valence-corrected chi connectivity index (χ0v) is 15.0. The molecule has 0 aliphatic carbocycles. The molecule has 0 atom stereocenters. The van der Waals surface area contributed by atoms with E-state index in [4.69, 9.17) is 4.84 Å². The fourth-order valence-corrected chi connectivity index (χ4v) is 3.15. The second-order valence-corrected chi connectivity index (χ2v) is 6.51. The van der Waals surface area contributed by atoms with E-state index in [1.165, 1.54) is 16.2 Å². The van der Waals surface area contributed by atoms with Gasteiger partial charge in [0.15, 0.2) is 0 Å². The Kier molecular flexibility index (Phi) is 5.78. The Labute approximate surface area is 155 Å². The fraction of sp³-hybridized carbons (Fsp3) is 0.100. The van der Waals surface area contributed by atoms with Crippen LogP contribution >= 0.6 is 11.3 Å². The van der Waals surface area contributed by atoms with Crippen LogP contribution in [0.5, 0.6) is 0 Å². The second-order valence-electron chi connectivity index (χ2n) is 5.56. The molecule has 0 radical (unpaired) electrons. The molecule has 6 heteroatoms. The van der Waals surface area contributed by atoms with Crippen LogP contribution < -0.4 is 10.4 Å². The van der Waals surface area contributed by atoms with E-state index in [2.05, 4.69) is 5.48 Å². The Morgan fingerprint density at radius 2 is 1.73 bits per heavy atom. The van der Waals surface area contributed by atoms with Gasteiger partial charge in [-0.05, 0) is 29.1 Å². The number of hydroxylamine groups is 1. The highest BCUT2D eigenvalue weighted by Gasteiger charge is 2.20. The first-order valence-electron chi connectivity index (χ1n) is 8.03. The summed E-state index contributed by atoms with van der Waals surface area (Å²) in [5.41, 5.74) is 4.28. The molecule has 2 aromatic carbocycles. The maximum Gasteiger partial charge on any atom is 0.276 e. The summed E-state index contributed by atoms with van der Waals surface area (Å²) < 4.78 is 0. The lowest BCUT2D eigenvalue weighted by Gasteiger charge is -2.19. The second kappa shape index (κ2) is 8.42. The van der Waals surface area contributed by atoms with Gasteiger partial charge >= 0.3 is 0 Å². The zero-order chi connectivity index (χ0) is 18.4. The first-order chi connectivity index (χ1) is 12.7. The molecule has 2 amide bonds. The predicted molar refractivity (Wildman–Crippen MR) is 102 cm³/mol. The van der Waals surface area contributed by atoms with E-state index in [1.807, 2.05) is 41.8 Å². The SMILES string of the molecule is CN(C(=O)c1cccs1)c1ccccc1C(=O)NOCc1ccccc1. The monoisotopic (exact) mass is 366 g/mol. The van der Waals surface area contributed by atoms with Crippen LogP contribution in [0.1, 0.15) is 25.6 Å². The molecule has 5 nitrogen and oxygen atoms in total. The number of benzene rings is 2. The third kappa shape index (κ3) is 4.17. The first-order valence-corrected chi connectivity index (χ1v) is 8.91. The Bertz CT molecular complexity index is 879. The third-order valence-corrected chi connectivity index (χ3v) is 4.65. The van der Waals surface area contributed by atoms with Crippen molar-refractivity contribution in [2.75, 3.05) is 11.9 Å². The largest absolute Gasteiger partial charge is 0.310 e. The molecule has 0 fully saturated rings. The maximum absolute atomic E-state index is 12.6. The minimum Gasteiger partial charge on any atom is -0.310 e. The molecule has 0 bridgehead atoms. The van der Waals surface area contributed by atoms with Crippen molar-refractivity contribution in [2.24, 2.45) is 0 Å². The minimum atomic E-state index is -0.401. The molecule has 1 N–H and O–H groups in total. The molecule has 3 aromatic rings. The van der Waals surface area contributed by atoms with Crippen molar-refractivity contribution in [3.63, 3.8) is 0 Å². The van der Waals surface area contributed by atoms with Gasteiger partial charge in [0.05, 0.1) is 22.7 Å². The van der Waals surface area contributed by atoms with E-state index in [9.17, 15) is 9.59 Å². The summed E-state index contributed by atoms with van der Waals surface area (Å²) in [6.07, 6.45) is 0. The quantitative estimate of drug-likeness (QED) is 0.674. The highest BCUT2D eigenvalue weighted by molar-refractivity contribution is 7.12. The van der Waals surface area contributed by atoms with Gasteiger partial charge in [-0.25, -0.2) is 5.48 Å². The standard InChI is InChI=1S/C20H18N2O3S/c1-22(20(24)18-12-7-13-26-18)17-11-6-5-10-16(17)19(23)21-25-14-15-8-3-2-4-9-15/h2-13H,14H2,1H3,(H,21,23). The van der Waals surface area contributed by atoms with E-state index < -0.39 is 5.91 Å². The van der Waals surface area contributed by atoms with Gasteiger partial charge in [-0.1, -0.05) is 48.5 Å². The smallest absolute Gasteiger partial charge is 0.276 e. The van der Waals surface area contributed by atoms with E-state index in [-0.39, 0.29) is 12.5 Å². The summed E-state index contributed by atoms with van der Waals surface area (Å²) in [4.78, 5) is 32.4. The van der Waals surface area contributed by atoms with E-state index >= 15 is 0 Å². The maximum atomic E-state index is 12.6. The lowest BCUT2D eigenvalue weighted by atomic mass is 10.1. The molecule has 0 aliphatic rings. The number of para-hydroxylation sites is 1. The van der Waals surface area contributed by atoms with Crippen LogP contribution in [0, 0.1) is 0 Å². The van der Waals surface area contributed by atoms with Gasteiger partial charge in [-0.15, -0.1) is 11.3 Å². The molecule has 26 heavy (non-hydrogen) atoms. The average Bonchev–Trinajstić information content (AvgIpc) is 3.22. The minimum absolute atomic E-state index is 0.162. The van der Waals surface area contributed by atoms with Gasteiger partial charge in [-0.2, -0.15) is 0 Å². The summed E-state index contributed by atoms with van der Waals surface area (Å²) in [6, 6.07) is 20.1. The Morgan fingerprint density at radius 1 is 1.00 bits per heavy atom. The fourth-order valence-electron chi connectivity index (χ4n) is 2.45. The number of carbonyl (C=O) groups is 2. The van der Waals surface area contributed by atoms with Crippen LogP contribution in [-0.4, -0.2) is 18.9 Å². The molecular weight excluding hydrogens is 348 g/mol. The average molecular weight is 366 g/mol. The molecule has 3 rings (SSSR count). The summed E-state index contributed by atoms with van der Waals surface area (Å²) in [5.74, 6) is -0.562. The molecule has 0 saturated heterocycles. The number of hydrogen-bond donors (Lipinski definition) is 1. The van der Waals surface area contributed by atoms with Crippen molar-refractivity contribution in [1.82, 2.24) is 5.48 Å². The number of nitrogens with zero attached hydrogens (tertiary/aromatic N) is 1. The lowest BCUT2D eigenvalue weighted by Crippen LogP contribution is -2.30. The summed E-state index contributed by atoms with van der Waals surface area (Å²) in [5, 5.41) is 1.84. The number of hydrogen-bond acceptors (Lipinski definition) is 4. The molecule has 0 unspecified atom stereocenters. The number of amides is 2. The van der Waals surface area contributed by atoms with Crippen molar-refractivity contribution < 1.29 is 14.4 Å². The number of nitrogens with one attached hydrogen (secondary N) is 1. The van der Waals surface area contributed by atoms with Crippen LogP contribution in [0.15, 0.2) is 72.1 Å². The molecule has 0 aliphatic heterocycles. The van der Waals surface area contributed by atoms with Gasteiger partial charge in [-0.3, -0.25) is 14.4 Å². The van der Waals surface area contributed by atoms with Gasteiger partial charge in [0.25, 0.3) is 11.8 Å². The summed E-state index contributed by atoms with van der Waals surface area (Å²) in [7, 11) is 1.65. The normalized spacial score (nSPS) is 10.3. The third-order valence-electron chi connectivity index (χ3n) is 3.79. The highest BCUT2D eigenvalue weighted by Crippen LogP contribution is 2.22. The highest BCUT2D eigenvalue weighted by atomic mass is 32.1. The van der Waals surface area contributed by atoms with Gasteiger partial charge in [0.1, 0.15) is 0 Å². The molecule has 1 aromatic heterocycles. The topological polar surface area (TPSA) is 58.6 Å². The van der Waals surface area contributed by atoms with Crippen LogP contribution in [0.25, 0.3) is 0 Å². The molecule has 1 heterocycles. The van der Waals surface area contributed by atoms with Crippen molar-refractivity contribution in [2.45, 2.75) is 6.61 Å². The first kappa shape index (κ1) is 17.8. The predicted octanol–water partition coefficient (Wildman–Crippen LogP) is 3.89. The number of thiophene rings is 1. The molecule has 0 spiro atoms. The molecule has 0 saturated carbocycles. The summed E-state index contributed by atoms with van der Waals surface area (Å²) in [6.45, 7) is 0.263. The van der Waals surface area contributed by atoms with E-state index in [0.717, 1.165) is 5.56 Å². The number of anilines is 1. The van der Waals surface area contributed by atoms with Crippen LogP contribution in [-0.2, 0) is 11.4 Å². The zero-order valence-electron chi connectivity index (χ0n) is 14.2. The number of rotatable bonds is 6. The Morgan fingerprint density at radius 3 is 2.46 bits per heavy atom. The molecule has 132 valence electrons. The van der Waals surface area contributed by atoms with Crippen molar-refractivity contribution in [3.8, 4) is 0 Å². The van der Waals surface area contributed by atoms with E-state index in [1.54, 1.807) is 37.4 Å². The van der Waals surface area contributed by atoms with Gasteiger partial charge < -0.3 is 4.90 Å².